The molecule has 0 spiro atoms. The Morgan fingerprint density at radius 2 is 2.00 bits per heavy atom. The highest BCUT2D eigenvalue weighted by molar-refractivity contribution is 5.71. The summed E-state index contributed by atoms with van der Waals surface area (Å²) in [5.74, 6) is -2.18. The quantitative estimate of drug-likeness (QED) is 0.832. The highest BCUT2D eigenvalue weighted by atomic mass is 19.1. The van der Waals surface area contributed by atoms with Gasteiger partial charge in [0.25, 0.3) is 0 Å². The molecular weight excluding hydrogens is 195 g/mol. The van der Waals surface area contributed by atoms with Gasteiger partial charge in [0, 0.05) is 0 Å². The minimum absolute atomic E-state index is 0.444. The molecule has 82 valence electrons. The summed E-state index contributed by atoms with van der Waals surface area (Å²) in [5, 5.41) is 8.83. The van der Waals surface area contributed by atoms with Gasteiger partial charge >= 0.3 is 5.97 Å². The van der Waals surface area contributed by atoms with Gasteiger partial charge in [0.05, 0.1) is 5.92 Å². The lowest BCUT2D eigenvalue weighted by atomic mass is 9.83. The Bertz CT molecular complexity index is 372. The van der Waals surface area contributed by atoms with Crippen LogP contribution in [-0.2, 0) is 10.5 Å². The first-order valence-electron chi connectivity index (χ1n) is 4.85. The van der Waals surface area contributed by atoms with E-state index in [9.17, 15) is 9.18 Å². The van der Waals surface area contributed by atoms with Gasteiger partial charge in [0.15, 0.2) is 0 Å². The van der Waals surface area contributed by atoms with Gasteiger partial charge in [-0.2, -0.15) is 0 Å². The maximum atomic E-state index is 14.3. The van der Waals surface area contributed by atoms with Gasteiger partial charge in [-0.25, -0.2) is 4.39 Å². The average Bonchev–Trinajstić information content (AvgIpc) is 2.16. The van der Waals surface area contributed by atoms with E-state index in [4.69, 9.17) is 5.11 Å². The van der Waals surface area contributed by atoms with Crippen molar-refractivity contribution >= 4 is 5.97 Å². The molecule has 0 aromatic heterocycles. The van der Waals surface area contributed by atoms with Gasteiger partial charge in [0.1, 0.15) is 5.67 Å². The normalized spacial score (nSPS) is 16.8. The third kappa shape index (κ3) is 2.17. The molecule has 1 N–H and O–H groups in total. The van der Waals surface area contributed by atoms with Crippen LogP contribution in [0.5, 0.6) is 0 Å². The van der Waals surface area contributed by atoms with Gasteiger partial charge in [-0.15, -0.1) is 0 Å². The Hall–Kier alpha value is -1.38. The van der Waals surface area contributed by atoms with Crippen LogP contribution in [0.15, 0.2) is 24.3 Å². The molecule has 1 aromatic rings. The molecule has 0 saturated carbocycles. The SMILES string of the molecule is Cc1ccccc1C(C)(F)C(C)C(=O)O. The van der Waals surface area contributed by atoms with Crippen molar-refractivity contribution in [2.75, 3.05) is 0 Å². The van der Waals surface area contributed by atoms with Crippen molar-refractivity contribution in [1.82, 2.24) is 0 Å². The van der Waals surface area contributed by atoms with Crippen molar-refractivity contribution in [2.24, 2.45) is 5.92 Å². The topological polar surface area (TPSA) is 37.3 Å². The Kier molecular flexibility index (Phi) is 3.12. The summed E-state index contributed by atoms with van der Waals surface area (Å²) in [6.45, 7) is 4.48. The lowest BCUT2D eigenvalue weighted by Crippen LogP contribution is -2.31. The molecule has 0 bridgehead atoms. The summed E-state index contributed by atoms with van der Waals surface area (Å²) in [7, 11) is 0. The number of halogens is 1. The molecule has 0 fully saturated rings. The molecular formula is C12H15FO2. The monoisotopic (exact) mass is 210 g/mol. The van der Waals surface area contributed by atoms with E-state index in [2.05, 4.69) is 0 Å². The minimum Gasteiger partial charge on any atom is -0.481 e. The van der Waals surface area contributed by atoms with E-state index in [-0.39, 0.29) is 0 Å². The summed E-state index contributed by atoms with van der Waals surface area (Å²) in [6, 6.07) is 6.94. The van der Waals surface area contributed by atoms with E-state index in [1.807, 2.05) is 0 Å². The van der Waals surface area contributed by atoms with Gasteiger partial charge in [-0.05, 0) is 31.9 Å². The summed E-state index contributed by atoms with van der Waals surface area (Å²) in [6.07, 6.45) is 0. The van der Waals surface area contributed by atoms with E-state index in [0.29, 0.717) is 5.56 Å². The van der Waals surface area contributed by atoms with Crippen LogP contribution in [0.25, 0.3) is 0 Å². The number of rotatable bonds is 3. The number of alkyl halides is 1. The molecule has 0 heterocycles. The van der Waals surface area contributed by atoms with Crippen molar-refractivity contribution in [3.8, 4) is 0 Å². The van der Waals surface area contributed by atoms with E-state index in [1.54, 1.807) is 31.2 Å². The van der Waals surface area contributed by atoms with E-state index >= 15 is 0 Å². The lowest BCUT2D eigenvalue weighted by Gasteiger charge is -2.26. The van der Waals surface area contributed by atoms with Gasteiger partial charge in [-0.1, -0.05) is 24.3 Å². The second-order valence-electron chi connectivity index (χ2n) is 3.95. The Morgan fingerprint density at radius 3 is 2.47 bits per heavy atom. The Labute approximate surface area is 88.7 Å². The van der Waals surface area contributed by atoms with Crippen molar-refractivity contribution in [2.45, 2.75) is 26.4 Å². The molecule has 2 nitrogen and oxygen atoms in total. The predicted molar refractivity (Wildman–Crippen MR) is 56.4 cm³/mol. The average molecular weight is 210 g/mol. The van der Waals surface area contributed by atoms with E-state index in [0.717, 1.165) is 5.56 Å². The summed E-state index contributed by atoms with van der Waals surface area (Å²) in [4.78, 5) is 10.8. The molecule has 2 atom stereocenters. The van der Waals surface area contributed by atoms with Crippen LogP contribution in [-0.4, -0.2) is 11.1 Å². The molecule has 0 aliphatic carbocycles. The highest BCUT2D eigenvalue weighted by Crippen LogP contribution is 2.35. The number of aliphatic carboxylic acids is 1. The molecule has 0 radical (unpaired) electrons. The second kappa shape index (κ2) is 4.01. The molecule has 0 amide bonds. The number of carbonyl (C=O) groups is 1. The maximum Gasteiger partial charge on any atom is 0.309 e. The second-order valence-corrected chi connectivity index (χ2v) is 3.95. The van der Waals surface area contributed by atoms with Crippen molar-refractivity contribution in [3.05, 3.63) is 35.4 Å². The van der Waals surface area contributed by atoms with Gasteiger partial charge in [0.2, 0.25) is 0 Å². The number of aryl methyl sites for hydroxylation is 1. The molecule has 3 heteroatoms. The summed E-state index contributed by atoms with van der Waals surface area (Å²) < 4.78 is 14.3. The maximum absolute atomic E-state index is 14.3. The first kappa shape index (κ1) is 11.7. The van der Waals surface area contributed by atoms with E-state index < -0.39 is 17.6 Å². The fourth-order valence-corrected chi connectivity index (χ4v) is 1.59. The standard InChI is InChI=1S/C12H15FO2/c1-8-6-4-5-7-10(8)12(3,13)9(2)11(14)15/h4-7,9H,1-3H3,(H,14,15). The first-order chi connectivity index (χ1) is 6.87. The number of hydrogen-bond donors (Lipinski definition) is 1. The van der Waals surface area contributed by atoms with Crippen LogP contribution in [0, 0.1) is 12.8 Å². The van der Waals surface area contributed by atoms with Crippen molar-refractivity contribution in [1.29, 1.82) is 0 Å². The zero-order valence-electron chi connectivity index (χ0n) is 9.12. The third-order valence-corrected chi connectivity index (χ3v) is 2.86. The largest absolute Gasteiger partial charge is 0.481 e. The zero-order chi connectivity index (χ0) is 11.6. The summed E-state index contributed by atoms with van der Waals surface area (Å²) >= 11 is 0. The predicted octanol–water partition coefficient (Wildman–Crippen LogP) is 2.90. The lowest BCUT2D eigenvalue weighted by molar-refractivity contribution is -0.146. The molecule has 15 heavy (non-hydrogen) atoms. The minimum atomic E-state index is -1.84. The molecule has 0 aliphatic rings. The third-order valence-electron chi connectivity index (χ3n) is 2.86. The van der Waals surface area contributed by atoms with E-state index in [1.165, 1.54) is 13.8 Å². The van der Waals surface area contributed by atoms with Crippen LogP contribution in [0.4, 0.5) is 4.39 Å². The Morgan fingerprint density at radius 1 is 1.47 bits per heavy atom. The zero-order valence-corrected chi connectivity index (χ0v) is 9.12. The smallest absolute Gasteiger partial charge is 0.309 e. The number of hydrogen-bond acceptors (Lipinski definition) is 1. The van der Waals surface area contributed by atoms with Crippen LogP contribution < -0.4 is 0 Å². The van der Waals surface area contributed by atoms with Crippen molar-refractivity contribution in [3.63, 3.8) is 0 Å². The Balaban J connectivity index is 3.16. The molecule has 2 unspecified atom stereocenters. The van der Waals surface area contributed by atoms with Gasteiger partial charge < -0.3 is 5.11 Å². The van der Waals surface area contributed by atoms with Crippen LogP contribution in [0.1, 0.15) is 25.0 Å². The van der Waals surface area contributed by atoms with Crippen molar-refractivity contribution < 1.29 is 14.3 Å². The summed E-state index contributed by atoms with van der Waals surface area (Å²) in [5.41, 5.74) is -0.618. The molecule has 1 rings (SSSR count). The molecule has 0 saturated heterocycles. The fourth-order valence-electron chi connectivity index (χ4n) is 1.59. The first-order valence-corrected chi connectivity index (χ1v) is 4.85. The van der Waals surface area contributed by atoms with Crippen LogP contribution in [0.3, 0.4) is 0 Å². The molecule has 1 aromatic carbocycles. The van der Waals surface area contributed by atoms with Crippen LogP contribution >= 0.6 is 0 Å². The van der Waals surface area contributed by atoms with Crippen LogP contribution in [0.2, 0.25) is 0 Å². The number of carboxylic acid groups (broad SMARTS) is 1. The number of carboxylic acids is 1. The number of benzene rings is 1. The highest BCUT2D eigenvalue weighted by Gasteiger charge is 2.38. The fraction of sp³-hybridized carbons (Fsp3) is 0.417. The molecule has 0 aliphatic heterocycles. The van der Waals surface area contributed by atoms with Gasteiger partial charge in [-0.3, -0.25) is 4.79 Å².